The van der Waals surface area contributed by atoms with Gasteiger partial charge in [0.1, 0.15) is 6.04 Å². The monoisotopic (exact) mass is 566 g/mol. The van der Waals surface area contributed by atoms with Crippen LogP contribution in [-0.2, 0) is 20.4 Å². The van der Waals surface area contributed by atoms with E-state index in [2.05, 4.69) is 47.6 Å². The molecule has 0 bridgehead atoms. The highest BCUT2D eigenvalue weighted by molar-refractivity contribution is 7.90. The van der Waals surface area contributed by atoms with Gasteiger partial charge in [-0.3, -0.25) is 9.59 Å². The molecule has 1 saturated heterocycles. The number of aryl methyl sites for hydroxylation is 1. The van der Waals surface area contributed by atoms with Crippen LogP contribution in [0.4, 0.5) is 17.1 Å². The van der Waals surface area contributed by atoms with Gasteiger partial charge in [0.05, 0.1) is 22.9 Å². The first kappa shape index (κ1) is 27.0. The molecule has 0 saturated carbocycles. The fraction of sp³-hybridized carbons (Fsp3) is 0.310. The van der Waals surface area contributed by atoms with Crippen molar-refractivity contribution in [3.8, 4) is 0 Å². The Balaban J connectivity index is 1.23. The van der Waals surface area contributed by atoms with Gasteiger partial charge >= 0.3 is 0 Å². The van der Waals surface area contributed by atoms with Crippen molar-refractivity contribution in [2.75, 3.05) is 47.5 Å². The molecule has 2 amide bonds. The third-order valence-corrected chi connectivity index (χ3v) is 9.37. The van der Waals surface area contributed by atoms with Crippen LogP contribution in [0.15, 0.2) is 60.7 Å². The lowest BCUT2D eigenvalue weighted by Gasteiger charge is -2.37. The van der Waals surface area contributed by atoms with Gasteiger partial charge < -0.3 is 20.4 Å². The first-order valence-corrected chi connectivity index (χ1v) is 15.1. The summed E-state index contributed by atoms with van der Waals surface area (Å²) in [6, 6.07) is 17.1. The van der Waals surface area contributed by atoms with Gasteiger partial charge in [0, 0.05) is 42.5 Å². The molecule has 0 spiro atoms. The van der Waals surface area contributed by atoms with E-state index in [1.165, 1.54) is 16.8 Å². The van der Waals surface area contributed by atoms with Crippen molar-refractivity contribution in [1.29, 1.82) is 0 Å². The average molecular weight is 567 g/mol. The summed E-state index contributed by atoms with van der Waals surface area (Å²) in [5.41, 5.74) is 5.70. The second-order valence-corrected chi connectivity index (χ2v) is 12.6. The fourth-order valence-electron chi connectivity index (χ4n) is 5.07. The number of sulfone groups is 1. The predicted molar refractivity (Wildman–Crippen MR) is 155 cm³/mol. The van der Waals surface area contributed by atoms with E-state index < -0.39 is 21.8 Å². The number of piperazine rings is 1. The molecule has 3 aromatic rings. The number of benzene rings is 3. The number of nitrogens with zero attached hydrogens (tertiary/aromatic N) is 2. The van der Waals surface area contributed by atoms with Gasteiger partial charge in [-0.05, 0) is 60.9 Å². The second kappa shape index (κ2) is 10.9. The molecular formula is C29H31ClN4O4S. The van der Waals surface area contributed by atoms with Crippen molar-refractivity contribution in [3.05, 3.63) is 87.9 Å². The average Bonchev–Trinajstić information content (AvgIpc) is 2.91. The first-order chi connectivity index (χ1) is 18.6. The summed E-state index contributed by atoms with van der Waals surface area (Å²) in [6.07, 6.45) is 0. The van der Waals surface area contributed by atoms with Gasteiger partial charge in [-0.15, -0.1) is 0 Å². The summed E-state index contributed by atoms with van der Waals surface area (Å²) >= 11 is 6.12. The Bertz CT molecular complexity index is 1530. The molecule has 0 aromatic heterocycles. The van der Waals surface area contributed by atoms with Crippen LogP contribution >= 0.6 is 11.6 Å². The highest BCUT2D eigenvalue weighted by atomic mass is 35.5. The van der Waals surface area contributed by atoms with E-state index in [-0.39, 0.29) is 17.4 Å². The zero-order valence-electron chi connectivity index (χ0n) is 21.9. The lowest BCUT2D eigenvalue weighted by molar-refractivity contribution is -0.116. The van der Waals surface area contributed by atoms with Gasteiger partial charge in [-0.2, -0.15) is 0 Å². The quantitative estimate of drug-likeness (QED) is 0.462. The normalized spacial score (nSPS) is 17.3. The molecule has 10 heteroatoms. The van der Waals surface area contributed by atoms with E-state index in [0.717, 1.165) is 13.1 Å². The van der Waals surface area contributed by atoms with Crippen LogP contribution in [0.25, 0.3) is 0 Å². The number of carbonyl (C=O) groups excluding carboxylic acids is 2. The fourth-order valence-corrected chi connectivity index (χ4v) is 6.94. The Kier molecular flexibility index (Phi) is 7.55. The van der Waals surface area contributed by atoms with E-state index in [4.69, 9.17) is 11.6 Å². The standard InChI is InChI=1S/C29H31ClN4O4S/c1-19-6-5-9-27(20(19)2)33-12-14-34(15-13-33)29(36)21-10-11-24-25(16-21)32-28(35)26(31-24)18-39(37,38)17-22-7-3-4-8-23(22)30/h3-11,16,26,31H,12-15,17-18H2,1-2H3,(H,32,35). The maximum atomic E-state index is 13.3. The molecular weight excluding hydrogens is 536 g/mol. The largest absolute Gasteiger partial charge is 0.371 e. The Hall–Kier alpha value is -3.56. The van der Waals surface area contributed by atoms with Crippen molar-refractivity contribution >= 4 is 50.3 Å². The molecule has 2 aliphatic rings. The van der Waals surface area contributed by atoms with Crippen LogP contribution in [0, 0.1) is 13.8 Å². The lowest BCUT2D eigenvalue weighted by atomic mass is 10.1. The van der Waals surface area contributed by atoms with E-state index >= 15 is 0 Å². The van der Waals surface area contributed by atoms with E-state index in [1.807, 2.05) is 4.90 Å². The lowest BCUT2D eigenvalue weighted by Crippen LogP contribution is -2.49. The number of amides is 2. The summed E-state index contributed by atoms with van der Waals surface area (Å²) in [5, 5.41) is 6.17. The number of rotatable bonds is 6. The number of hydrogen-bond acceptors (Lipinski definition) is 6. The SMILES string of the molecule is Cc1cccc(N2CCN(C(=O)c3ccc4c(c3)NC(=O)C(CS(=O)(=O)Cc3ccccc3Cl)N4)CC2)c1C. The highest BCUT2D eigenvalue weighted by Gasteiger charge is 2.31. The molecule has 2 heterocycles. The second-order valence-electron chi connectivity index (χ2n) is 10.1. The smallest absolute Gasteiger partial charge is 0.254 e. The summed E-state index contributed by atoms with van der Waals surface area (Å²) < 4.78 is 25.6. The molecule has 204 valence electrons. The molecule has 5 rings (SSSR count). The summed E-state index contributed by atoms with van der Waals surface area (Å²) in [7, 11) is -3.63. The third kappa shape index (κ3) is 5.89. The van der Waals surface area contributed by atoms with Crippen molar-refractivity contribution in [3.63, 3.8) is 0 Å². The Morgan fingerprint density at radius 3 is 2.46 bits per heavy atom. The Morgan fingerprint density at radius 1 is 0.974 bits per heavy atom. The van der Waals surface area contributed by atoms with Crippen LogP contribution in [0.3, 0.4) is 0 Å². The third-order valence-electron chi connectivity index (χ3n) is 7.41. The molecule has 0 aliphatic carbocycles. The van der Waals surface area contributed by atoms with Crippen LogP contribution in [0.5, 0.6) is 0 Å². The van der Waals surface area contributed by atoms with Gasteiger partial charge in [-0.25, -0.2) is 8.42 Å². The minimum atomic E-state index is -3.63. The zero-order chi connectivity index (χ0) is 27.7. The van der Waals surface area contributed by atoms with E-state index in [0.29, 0.717) is 40.6 Å². The maximum absolute atomic E-state index is 13.3. The predicted octanol–water partition coefficient (Wildman–Crippen LogP) is 4.27. The molecule has 1 atom stereocenters. The molecule has 3 aromatic carbocycles. The minimum Gasteiger partial charge on any atom is -0.371 e. The van der Waals surface area contributed by atoms with Crippen molar-refractivity contribution in [2.24, 2.45) is 0 Å². The Morgan fingerprint density at radius 2 is 1.72 bits per heavy atom. The molecule has 2 aliphatic heterocycles. The van der Waals surface area contributed by atoms with Crippen molar-refractivity contribution < 1.29 is 18.0 Å². The number of hydrogen-bond donors (Lipinski definition) is 2. The topological polar surface area (TPSA) is 98.8 Å². The molecule has 8 nitrogen and oxygen atoms in total. The van der Waals surface area contributed by atoms with E-state index in [9.17, 15) is 18.0 Å². The van der Waals surface area contributed by atoms with Gasteiger partial charge in [0.2, 0.25) is 5.91 Å². The number of fused-ring (bicyclic) bond motifs is 1. The van der Waals surface area contributed by atoms with Gasteiger partial charge in [0.25, 0.3) is 5.91 Å². The molecule has 2 N–H and O–H groups in total. The van der Waals surface area contributed by atoms with Gasteiger partial charge in [0.15, 0.2) is 9.84 Å². The van der Waals surface area contributed by atoms with Crippen LogP contribution in [0.2, 0.25) is 5.02 Å². The Labute approximate surface area is 233 Å². The maximum Gasteiger partial charge on any atom is 0.254 e. The van der Waals surface area contributed by atoms with Crippen molar-refractivity contribution in [2.45, 2.75) is 25.6 Å². The minimum absolute atomic E-state index is 0.0999. The molecule has 0 radical (unpaired) electrons. The van der Waals surface area contributed by atoms with Crippen molar-refractivity contribution in [1.82, 2.24) is 4.90 Å². The van der Waals surface area contributed by atoms with Crippen LogP contribution < -0.4 is 15.5 Å². The van der Waals surface area contributed by atoms with Crippen LogP contribution in [0.1, 0.15) is 27.0 Å². The highest BCUT2D eigenvalue weighted by Crippen LogP contribution is 2.30. The number of nitrogens with one attached hydrogen (secondary N) is 2. The number of halogens is 1. The van der Waals surface area contributed by atoms with Gasteiger partial charge in [-0.1, -0.05) is 41.9 Å². The summed E-state index contributed by atoms with van der Waals surface area (Å²) in [5.74, 6) is -1.20. The molecule has 39 heavy (non-hydrogen) atoms. The zero-order valence-corrected chi connectivity index (χ0v) is 23.5. The molecule has 1 unspecified atom stereocenters. The van der Waals surface area contributed by atoms with E-state index in [1.54, 1.807) is 42.5 Å². The number of anilines is 3. The molecule has 1 fully saturated rings. The summed E-state index contributed by atoms with van der Waals surface area (Å²) in [6.45, 7) is 6.90. The first-order valence-electron chi connectivity index (χ1n) is 12.9. The summed E-state index contributed by atoms with van der Waals surface area (Å²) in [4.78, 5) is 30.2. The number of carbonyl (C=O) groups is 2. The van der Waals surface area contributed by atoms with Crippen LogP contribution in [-0.4, -0.2) is 63.1 Å².